The fourth-order valence-corrected chi connectivity index (χ4v) is 4.96. The number of carbonyl (C=O) groups excluding carboxylic acids is 1. The molecule has 1 heterocycles. The van der Waals surface area contributed by atoms with E-state index in [0.717, 1.165) is 0 Å². The molecule has 0 radical (unpaired) electrons. The fourth-order valence-electron chi connectivity index (χ4n) is 3.22. The van der Waals surface area contributed by atoms with Gasteiger partial charge in [-0.2, -0.15) is 0 Å². The van der Waals surface area contributed by atoms with Crippen LogP contribution in [0.3, 0.4) is 0 Å². The van der Waals surface area contributed by atoms with E-state index in [1.807, 2.05) is 6.92 Å². The molecular formula is C20H22FNO4S. The molecule has 0 saturated carbocycles. The number of benzene rings is 2. The summed E-state index contributed by atoms with van der Waals surface area (Å²) < 4.78 is 43.3. The number of carbonyl (C=O) groups is 1. The summed E-state index contributed by atoms with van der Waals surface area (Å²) in [5.41, 5.74) is 0.778. The second-order valence-electron chi connectivity index (χ2n) is 6.54. The minimum atomic E-state index is -3.18. The average molecular weight is 391 g/mol. The summed E-state index contributed by atoms with van der Waals surface area (Å²) in [5.74, 6) is -0.129. The number of nitrogens with zero attached hydrogens (tertiary/aromatic N) is 1. The third-order valence-corrected chi connectivity index (χ3v) is 6.37. The summed E-state index contributed by atoms with van der Waals surface area (Å²) in [5, 5.41) is 0. The van der Waals surface area contributed by atoms with Gasteiger partial charge in [-0.25, -0.2) is 12.8 Å². The molecular weight excluding hydrogens is 369 g/mol. The first-order valence-electron chi connectivity index (χ1n) is 8.87. The summed E-state index contributed by atoms with van der Waals surface area (Å²) in [6.45, 7) is 2.42. The molecule has 1 saturated heterocycles. The van der Waals surface area contributed by atoms with Crippen LogP contribution in [0.1, 0.15) is 29.3 Å². The van der Waals surface area contributed by atoms with E-state index < -0.39 is 21.7 Å². The van der Waals surface area contributed by atoms with E-state index in [0.29, 0.717) is 29.9 Å². The molecule has 1 aliphatic heterocycles. The van der Waals surface area contributed by atoms with Crippen molar-refractivity contribution in [2.45, 2.75) is 25.9 Å². The van der Waals surface area contributed by atoms with Crippen LogP contribution in [0.2, 0.25) is 0 Å². The molecule has 2 aromatic carbocycles. The molecule has 1 amide bonds. The summed E-state index contributed by atoms with van der Waals surface area (Å²) in [7, 11) is -3.18. The van der Waals surface area contributed by atoms with Gasteiger partial charge < -0.3 is 9.64 Å². The highest BCUT2D eigenvalue weighted by Crippen LogP contribution is 2.24. The molecule has 1 aliphatic rings. The first kappa shape index (κ1) is 19.4. The van der Waals surface area contributed by atoms with Crippen LogP contribution in [-0.2, 0) is 16.4 Å². The number of amides is 1. The Morgan fingerprint density at radius 2 is 1.89 bits per heavy atom. The van der Waals surface area contributed by atoms with Gasteiger partial charge in [-0.05, 0) is 43.7 Å². The Morgan fingerprint density at radius 1 is 1.19 bits per heavy atom. The monoisotopic (exact) mass is 391 g/mol. The van der Waals surface area contributed by atoms with Crippen molar-refractivity contribution in [3.8, 4) is 5.75 Å². The van der Waals surface area contributed by atoms with E-state index >= 15 is 0 Å². The van der Waals surface area contributed by atoms with Crippen LogP contribution in [0.25, 0.3) is 0 Å². The Labute approximate surface area is 158 Å². The van der Waals surface area contributed by atoms with Gasteiger partial charge in [-0.1, -0.05) is 18.2 Å². The van der Waals surface area contributed by atoms with Crippen molar-refractivity contribution in [3.05, 3.63) is 65.5 Å². The lowest BCUT2D eigenvalue weighted by Gasteiger charge is -2.28. The Kier molecular flexibility index (Phi) is 5.79. The number of hydrogen-bond donors (Lipinski definition) is 0. The zero-order chi connectivity index (χ0) is 19.4. The lowest BCUT2D eigenvalue weighted by molar-refractivity contribution is 0.0679. The molecule has 0 unspecified atom stereocenters. The Hall–Kier alpha value is -2.41. The van der Waals surface area contributed by atoms with Crippen LogP contribution in [0, 0.1) is 5.82 Å². The van der Waals surface area contributed by atoms with Gasteiger partial charge in [0.1, 0.15) is 11.6 Å². The molecule has 1 fully saturated rings. The maximum absolute atomic E-state index is 14.1. The largest absolute Gasteiger partial charge is 0.494 e. The first-order valence-corrected chi connectivity index (χ1v) is 10.7. The van der Waals surface area contributed by atoms with Gasteiger partial charge in [0.15, 0.2) is 9.84 Å². The molecule has 0 N–H and O–H groups in total. The van der Waals surface area contributed by atoms with Crippen molar-refractivity contribution >= 4 is 15.7 Å². The molecule has 1 atom stereocenters. The molecule has 0 aliphatic carbocycles. The van der Waals surface area contributed by atoms with Crippen molar-refractivity contribution in [1.82, 2.24) is 4.90 Å². The molecule has 0 aromatic heterocycles. The fraction of sp³-hybridized carbons (Fsp3) is 0.350. The van der Waals surface area contributed by atoms with Crippen LogP contribution in [0.5, 0.6) is 5.75 Å². The highest BCUT2D eigenvalue weighted by molar-refractivity contribution is 7.91. The predicted molar refractivity (Wildman–Crippen MR) is 101 cm³/mol. The molecule has 27 heavy (non-hydrogen) atoms. The number of halogens is 1. The van der Waals surface area contributed by atoms with Gasteiger partial charge in [-0.15, -0.1) is 0 Å². The molecule has 0 bridgehead atoms. The van der Waals surface area contributed by atoms with Gasteiger partial charge in [0.2, 0.25) is 0 Å². The third-order valence-electron chi connectivity index (χ3n) is 4.62. The SMILES string of the molecule is CCOc1ccc(C(=O)N(Cc2ccccc2F)[C@H]2CCS(=O)(=O)C2)cc1. The Balaban J connectivity index is 1.88. The van der Waals surface area contributed by atoms with E-state index in [1.165, 1.54) is 11.0 Å². The van der Waals surface area contributed by atoms with E-state index in [2.05, 4.69) is 0 Å². The van der Waals surface area contributed by atoms with Gasteiger partial charge in [-0.3, -0.25) is 4.79 Å². The lowest BCUT2D eigenvalue weighted by atomic mass is 10.1. The molecule has 3 rings (SSSR count). The number of sulfone groups is 1. The van der Waals surface area contributed by atoms with Crippen LogP contribution in [-0.4, -0.2) is 43.4 Å². The number of rotatable bonds is 6. The Morgan fingerprint density at radius 3 is 2.48 bits per heavy atom. The summed E-state index contributed by atoms with van der Waals surface area (Å²) in [6, 6.07) is 12.4. The van der Waals surface area contributed by atoms with Crippen molar-refractivity contribution in [3.63, 3.8) is 0 Å². The van der Waals surface area contributed by atoms with Crippen molar-refractivity contribution in [2.24, 2.45) is 0 Å². The quantitative estimate of drug-likeness (QED) is 0.759. The minimum Gasteiger partial charge on any atom is -0.494 e. The average Bonchev–Trinajstić information content (AvgIpc) is 3.01. The van der Waals surface area contributed by atoms with Crippen molar-refractivity contribution in [1.29, 1.82) is 0 Å². The lowest BCUT2D eigenvalue weighted by Crippen LogP contribution is -2.40. The molecule has 5 nitrogen and oxygen atoms in total. The second-order valence-corrected chi connectivity index (χ2v) is 8.77. The van der Waals surface area contributed by atoms with E-state index in [1.54, 1.807) is 42.5 Å². The summed E-state index contributed by atoms with van der Waals surface area (Å²) >= 11 is 0. The van der Waals surface area contributed by atoms with Gasteiger partial charge >= 0.3 is 0 Å². The molecule has 144 valence electrons. The highest BCUT2D eigenvalue weighted by atomic mass is 32.2. The smallest absolute Gasteiger partial charge is 0.254 e. The standard InChI is InChI=1S/C20H22FNO4S/c1-2-26-18-9-7-15(8-10-18)20(23)22(17-11-12-27(24,25)14-17)13-16-5-3-4-6-19(16)21/h3-10,17H,2,11-14H2,1H3/t17-/m0/s1. The third kappa shape index (κ3) is 4.66. The van der Waals surface area contributed by atoms with Crippen LogP contribution in [0.15, 0.2) is 48.5 Å². The Bertz CT molecular complexity index is 912. The van der Waals surface area contributed by atoms with E-state index in [4.69, 9.17) is 4.74 Å². The maximum Gasteiger partial charge on any atom is 0.254 e. The first-order chi connectivity index (χ1) is 12.9. The summed E-state index contributed by atoms with van der Waals surface area (Å²) in [6.07, 6.45) is 0.361. The zero-order valence-corrected chi connectivity index (χ0v) is 15.9. The van der Waals surface area contributed by atoms with E-state index in [-0.39, 0.29) is 24.0 Å². The maximum atomic E-state index is 14.1. The topological polar surface area (TPSA) is 63.7 Å². The second kappa shape index (κ2) is 8.08. The van der Waals surface area contributed by atoms with Crippen LogP contribution >= 0.6 is 0 Å². The normalized spacial score (nSPS) is 18.2. The molecule has 0 spiro atoms. The van der Waals surface area contributed by atoms with Crippen molar-refractivity contribution < 1.29 is 22.3 Å². The van der Waals surface area contributed by atoms with Gasteiger partial charge in [0.05, 0.1) is 18.1 Å². The van der Waals surface area contributed by atoms with Crippen LogP contribution < -0.4 is 4.74 Å². The van der Waals surface area contributed by atoms with Gasteiger partial charge in [0.25, 0.3) is 5.91 Å². The predicted octanol–water partition coefficient (Wildman–Crippen LogP) is 3.05. The molecule has 7 heteroatoms. The van der Waals surface area contributed by atoms with Crippen LogP contribution in [0.4, 0.5) is 4.39 Å². The number of ether oxygens (including phenoxy) is 1. The van der Waals surface area contributed by atoms with E-state index in [9.17, 15) is 17.6 Å². The highest BCUT2D eigenvalue weighted by Gasteiger charge is 2.35. The number of hydrogen-bond acceptors (Lipinski definition) is 4. The summed E-state index contributed by atoms with van der Waals surface area (Å²) in [4.78, 5) is 14.6. The minimum absolute atomic E-state index is 0.0267. The molecule has 2 aromatic rings. The zero-order valence-electron chi connectivity index (χ0n) is 15.1. The van der Waals surface area contributed by atoms with Crippen molar-refractivity contribution in [2.75, 3.05) is 18.1 Å². The van der Waals surface area contributed by atoms with Gasteiger partial charge in [0, 0.05) is 23.7 Å².